The van der Waals surface area contributed by atoms with E-state index in [1.807, 2.05) is 54.3 Å². The molecule has 168 valence electrons. The number of nitrogens with zero attached hydrogens (tertiary/aromatic N) is 2. The number of hydrogen-bond acceptors (Lipinski definition) is 5. The number of carbonyl (C=O) groups is 1. The van der Waals surface area contributed by atoms with Crippen molar-refractivity contribution in [2.45, 2.75) is 45.3 Å². The summed E-state index contributed by atoms with van der Waals surface area (Å²) in [6.07, 6.45) is 3.24. The van der Waals surface area contributed by atoms with E-state index in [0.717, 1.165) is 50.1 Å². The third-order valence-electron chi connectivity index (χ3n) is 5.63. The molecular weight excluding hydrogens is 419 g/mol. The Labute approximate surface area is 184 Å². The highest BCUT2D eigenvalue weighted by molar-refractivity contribution is 7.81. The van der Waals surface area contributed by atoms with Crippen molar-refractivity contribution in [1.82, 2.24) is 4.90 Å². The Kier molecular flexibility index (Phi) is 8.17. The maximum Gasteiger partial charge on any atom is 0.437 e. The fraction of sp³-hybridized carbons (Fsp3) is 0.435. The molecule has 31 heavy (non-hydrogen) atoms. The zero-order valence-electron chi connectivity index (χ0n) is 17.7. The smallest absolute Gasteiger partial charge is 0.309 e. The number of likely N-dealkylation sites (tertiary alicyclic amines) is 1. The molecule has 2 aromatic carbocycles. The molecule has 0 saturated carbocycles. The van der Waals surface area contributed by atoms with Gasteiger partial charge in [-0.05, 0) is 42.5 Å². The molecule has 3 rings (SSSR count). The third-order valence-corrected chi connectivity index (χ3v) is 6.03. The highest BCUT2D eigenvalue weighted by Crippen LogP contribution is 2.24. The van der Waals surface area contributed by atoms with Crippen molar-refractivity contribution >= 4 is 22.1 Å². The first kappa shape index (κ1) is 23.4. The van der Waals surface area contributed by atoms with Crippen LogP contribution in [0, 0.1) is 0 Å². The molecule has 0 atom stereocenters. The predicted octanol–water partition coefficient (Wildman–Crippen LogP) is 3.87. The molecule has 1 heterocycles. The number of rotatable bonds is 9. The average molecular weight is 449 g/mol. The van der Waals surface area contributed by atoms with E-state index in [4.69, 9.17) is 0 Å². The summed E-state index contributed by atoms with van der Waals surface area (Å²) < 4.78 is 37.5. The van der Waals surface area contributed by atoms with Crippen LogP contribution in [0.2, 0.25) is 0 Å². The van der Waals surface area contributed by atoms with Gasteiger partial charge in [-0.2, -0.15) is 8.42 Å². The summed E-state index contributed by atoms with van der Waals surface area (Å²) in [6, 6.07) is 17.4. The molecule has 1 amide bonds. The molecule has 1 saturated heterocycles. The van der Waals surface area contributed by atoms with Gasteiger partial charge >= 0.3 is 10.5 Å². The first-order chi connectivity index (χ1) is 14.9. The molecular formula is C23H29FN2O4S. The van der Waals surface area contributed by atoms with Crippen LogP contribution >= 0.6 is 0 Å². The Balaban J connectivity index is 1.49. The molecule has 8 heteroatoms. The number of piperidine rings is 1. The van der Waals surface area contributed by atoms with E-state index in [1.165, 1.54) is 0 Å². The topological polar surface area (TPSA) is 66.9 Å². The molecule has 0 N–H and O–H groups in total. The van der Waals surface area contributed by atoms with Crippen molar-refractivity contribution < 1.29 is 21.3 Å². The average Bonchev–Trinajstić information content (AvgIpc) is 2.78. The lowest BCUT2D eigenvalue weighted by atomic mass is 10.0. The van der Waals surface area contributed by atoms with Gasteiger partial charge in [0.1, 0.15) is 0 Å². The normalized spacial score (nSPS) is 15.7. The minimum absolute atomic E-state index is 0.161. The first-order valence-electron chi connectivity index (χ1n) is 10.6. The zero-order chi connectivity index (χ0) is 22.3. The SMILES string of the molecule is CCC(=O)N(c1ccccc1)C1CCN(CCc2ccc(COS(=O)(=O)F)cc2)CC1. The van der Waals surface area contributed by atoms with Gasteiger partial charge < -0.3 is 9.80 Å². The van der Waals surface area contributed by atoms with E-state index in [-0.39, 0.29) is 18.6 Å². The van der Waals surface area contributed by atoms with Gasteiger partial charge in [-0.1, -0.05) is 53.3 Å². The predicted molar refractivity (Wildman–Crippen MR) is 119 cm³/mol. The van der Waals surface area contributed by atoms with Crippen LogP contribution in [-0.2, 0) is 32.5 Å². The molecule has 0 aliphatic carbocycles. The van der Waals surface area contributed by atoms with Gasteiger partial charge in [0.25, 0.3) is 0 Å². The van der Waals surface area contributed by atoms with E-state index >= 15 is 0 Å². The van der Waals surface area contributed by atoms with Crippen LogP contribution in [-0.4, -0.2) is 44.9 Å². The van der Waals surface area contributed by atoms with Crippen molar-refractivity contribution in [2.75, 3.05) is 24.5 Å². The van der Waals surface area contributed by atoms with Gasteiger partial charge in [-0.25, -0.2) is 4.18 Å². The minimum Gasteiger partial charge on any atom is -0.309 e. The van der Waals surface area contributed by atoms with E-state index in [0.29, 0.717) is 12.0 Å². The minimum atomic E-state index is -4.92. The maximum absolute atomic E-state index is 12.6. The summed E-state index contributed by atoms with van der Waals surface area (Å²) >= 11 is 0. The summed E-state index contributed by atoms with van der Waals surface area (Å²) in [5, 5.41) is 0. The fourth-order valence-electron chi connectivity index (χ4n) is 3.95. The molecule has 0 radical (unpaired) electrons. The Bertz CT molecular complexity index is 943. The van der Waals surface area contributed by atoms with Gasteiger partial charge in [0.05, 0.1) is 6.61 Å². The molecule has 1 aliphatic rings. The lowest BCUT2D eigenvalue weighted by Gasteiger charge is -2.38. The summed E-state index contributed by atoms with van der Waals surface area (Å²) in [6.45, 7) is 4.38. The van der Waals surface area contributed by atoms with Crippen LogP contribution in [0.25, 0.3) is 0 Å². The van der Waals surface area contributed by atoms with Crippen molar-refractivity contribution in [3.8, 4) is 0 Å². The maximum atomic E-state index is 12.6. The van der Waals surface area contributed by atoms with Crippen LogP contribution in [0.15, 0.2) is 54.6 Å². The highest BCUT2D eigenvalue weighted by atomic mass is 32.3. The van der Waals surface area contributed by atoms with Gasteiger partial charge in [0.2, 0.25) is 5.91 Å². The van der Waals surface area contributed by atoms with Gasteiger partial charge in [-0.3, -0.25) is 4.79 Å². The lowest BCUT2D eigenvalue weighted by Crippen LogP contribution is -2.47. The molecule has 0 unspecified atom stereocenters. The number of benzene rings is 2. The molecule has 0 bridgehead atoms. The molecule has 6 nitrogen and oxygen atoms in total. The van der Waals surface area contributed by atoms with E-state index in [1.54, 1.807) is 12.1 Å². The Morgan fingerprint density at radius 2 is 1.68 bits per heavy atom. The third kappa shape index (κ3) is 7.12. The van der Waals surface area contributed by atoms with Crippen molar-refractivity contribution in [3.05, 3.63) is 65.7 Å². The molecule has 0 aromatic heterocycles. The van der Waals surface area contributed by atoms with Crippen molar-refractivity contribution in [1.29, 1.82) is 0 Å². The summed E-state index contributed by atoms with van der Waals surface area (Å²) in [4.78, 5) is 17.0. The molecule has 0 spiro atoms. The summed E-state index contributed by atoms with van der Waals surface area (Å²) in [5.41, 5.74) is 2.70. The number of carbonyl (C=O) groups excluding carboxylic acids is 1. The Morgan fingerprint density at radius 1 is 1.06 bits per heavy atom. The molecule has 1 fully saturated rings. The molecule has 2 aromatic rings. The number of anilines is 1. The quantitative estimate of drug-likeness (QED) is 0.545. The van der Waals surface area contributed by atoms with Gasteiger partial charge in [0, 0.05) is 37.8 Å². The number of hydrogen-bond donors (Lipinski definition) is 0. The number of halogens is 1. The second-order valence-electron chi connectivity index (χ2n) is 7.75. The largest absolute Gasteiger partial charge is 0.437 e. The van der Waals surface area contributed by atoms with Gasteiger partial charge in [0.15, 0.2) is 0 Å². The van der Waals surface area contributed by atoms with E-state index in [9.17, 15) is 17.1 Å². The second kappa shape index (κ2) is 10.8. The summed E-state index contributed by atoms with van der Waals surface area (Å²) in [5.74, 6) is 0.161. The van der Waals surface area contributed by atoms with Crippen molar-refractivity contribution in [2.24, 2.45) is 0 Å². The second-order valence-corrected chi connectivity index (χ2v) is 8.77. The van der Waals surface area contributed by atoms with Crippen LogP contribution in [0.1, 0.15) is 37.3 Å². The van der Waals surface area contributed by atoms with Crippen molar-refractivity contribution in [3.63, 3.8) is 0 Å². The van der Waals surface area contributed by atoms with E-state index < -0.39 is 10.5 Å². The number of para-hydroxylation sites is 1. The van der Waals surface area contributed by atoms with Gasteiger partial charge in [-0.15, -0.1) is 0 Å². The van der Waals surface area contributed by atoms with Crippen LogP contribution in [0.3, 0.4) is 0 Å². The zero-order valence-corrected chi connectivity index (χ0v) is 18.6. The van der Waals surface area contributed by atoms with E-state index in [2.05, 4.69) is 9.08 Å². The number of amides is 1. The monoisotopic (exact) mass is 448 g/mol. The first-order valence-corrected chi connectivity index (χ1v) is 11.9. The Hall–Kier alpha value is -2.29. The molecule has 1 aliphatic heterocycles. The lowest BCUT2D eigenvalue weighted by molar-refractivity contribution is -0.119. The fourth-order valence-corrected chi connectivity index (χ4v) is 4.22. The Morgan fingerprint density at radius 3 is 2.26 bits per heavy atom. The van der Waals surface area contributed by atoms with Crippen LogP contribution in [0.5, 0.6) is 0 Å². The highest BCUT2D eigenvalue weighted by Gasteiger charge is 2.28. The summed E-state index contributed by atoms with van der Waals surface area (Å²) in [7, 11) is -4.92. The van der Waals surface area contributed by atoms with Crippen LogP contribution in [0.4, 0.5) is 9.57 Å². The standard InChI is InChI=1S/C23H29FN2O4S/c1-2-23(27)26(21-6-4-3-5-7-21)22-13-16-25(17-14-22)15-12-19-8-10-20(11-9-19)18-30-31(24,28)29/h3-11,22H,2,12-18H2,1H3. The van der Waals surface area contributed by atoms with Crippen LogP contribution < -0.4 is 4.90 Å².